The van der Waals surface area contributed by atoms with Crippen LogP contribution in [-0.2, 0) is 9.53 Å². The summed E-state index contributed by atoms with van der Waals surface area (Å²) in [4.78, 5) is 13.2. The van der Waals surface area contributed by atoms with E-state index < -0.39 is 0 Å². The van der Waals surface area contributed by atoms with Gasteiger partial charge in [-0.3, -0.25) is 9.69 Å². The lowest BCUT2D eigenvalue weighted by Crippen LogP contribution is -2.28. The Balaban J connectivity index is 3.29. The van der Waals surface area contributed by atoms with Crippen molar-refractivity contribution in [2.75, 3.05) is 26.7 Å². The Morgan fingerprint density at radius 1 is 1.06 bits per heavy atom. The monoisotopic (exact) mass is 229 g/mol. The predicted molar refractivity (Wildman–Crippen MR) is 67.5 cm³/mol. The van der Waals surface area contributed by atoms with Crippen LogP contribution in [0.4, 0.5) is 0 Å². The molecule has 0 aromatic carbocycles. The normalized spacial score (nSPS) is 10.8. The number of esters is 1. The number of ether oxygens (including phenoxy) is 1. The van der Waals surface area contributed by atoms with E-state index in [0.717, 1.165) is 6.54 Å². The van der Waals surface area contributed by atoms with E-state index in [2.05, 4.69) is 6.92 Å². The Morgan fingerprint density at radius 3 is 2.31 bits per heavy atom. The van der Waals surface area contributed by atoms with Gasteiger partial charge in [0.2, 0.25) is 0 Å². The van der Waals surface area contributed by atoms with Gasteiger partial charge in [-0.15, -0.1) is 0 Å². The lowest BCUT2D eigenvalue weighted by Gasteiger charge is -2.15. The number of likely N-dealkylation sites (N-methyl/N-ethyl adjacent to an activating group) is 1. The molecule has 0 unspecified atom stereocenters. The smallest absolute Gasteiger partial charge is 0.320 e. The van der Waals surface area contributed by atoms with Crippen molar-refractivity contribution in [1.82, 2.24) is 4.90 Å². The molecule has 0 bridgehead atoms. The van der Waals surface area contributed by atoms with E-state index in [4.69, 9.17) is 4.74 Å². The number of hydrogen-bond donors (Lipinski definition) is 0. The molecule has 0 saturated heterocycles. The second kappa shape index (κ2) is 10.9. The minimum Gasteiger partial charge on any atom is -0.465 e. The van der Waals surface area contributed by atoms with Crippen LogP contribution in [0.15, 0.2) is 0 Å². The zero-order chi connectivity index (χ0) is 12.2. The van der Waals surface area contributed by atoms with E-state index in [-0.39, 0.29) is 5.97 Å². The molecule has 0 aliphatic rings. The van der Waals surface area contributed by atoms with Crippen LogP contribution in [0.1, 0.15) is 52.4 Å². The predicted octanol–water partition coefficient (Wildman–Crippen LogP) is 2.84. The van der Waals surface area contributed by atoms with E-state index in [1.165, 1.54) is 38.5 Å². The van der Waals surface area contributed by atoms with E-state index in [9.17, 15) is 4.79 Å². The zero-order valence-corrected chi connectivity index (χ0v) is 11.1. The van der Waals surface area contributed by atoms with Crippen molar-refractivity contribution in [3.63, 3.8) is 0 Å². The van der Waals surface area contributed by atoms with Crippen LogP contribution in [0.3, 0.4) is 0 Å². The number of hydrogen-bond acceptors (Lipinski definition) is 3. The van der Waals surface area contributed by atoms with Crippen LogP contribution in [0, 0.1) is 0 Å². The van der Waals surface area contributed by atoms with Crippen molar-refractivity contribution >= 4 is 5.97 Å². The van der Waals surface area contributed by atoms with Crippen LogP contribution >= 0.6 is 0 Å². The third kappa shape index (κ3) is 9.97. The molecule has 0 fully saturated rings. The van der Waals surface area contributed by atoms with Crippen LogP contribution < -0.4 is 0 Å². The van der Waals surface area contributed by atoms with E-state index in [0.29, 0.717) is 13.2 Å². The maximum atomic E-state index is 11.2. The van der Waals surface area contributed by atoms with Crippen molar-refractivity contribution in [2.45, 2.75) is 52.4 Å². The van der Waals surface area contributed by atoms with Gasteiger partial charge in [0.25, 0.3) is 0 Å². The molecule has 0 amide bonds. The second-order valence-corrected chi connectivity index (χ2v) is 4.31. The fourth-order valence-corrected chi connectivity index (χ4v) is 1.67. The molecule has 0 radical (unpaired) electrons. The first-order valence-electron chi connectivity index (χ1n) is 6.54. The Hall–Kier alpha value is -0.570. The lowest BCUT2D eigenvalue weighted by molar-refractivity contribution is -0.144. The number of rotatable bonds is 10. The highest BCUT2D eigenvalue weighted by Gasteiger charge is 2.05. The summed E-state index contributed by atoms with van der Waals surface area (Å²) in [5, 5.41) is 0. The second-order valence-electron chi connectivity index (χ2n) is 4.31. The van der Waals surface area contributed by atoms with Crippen molar-refractivity contribution in [1.29, 1.82) is 0 Å². The molecule has 0 aromatic rings. The SMILES string of the molecule is CCCCCCCCN(C)CC(=O)OCC. The van der Waals surface area contributed by atoms with Gasteiger partial charge >= 0.3 is 5.97 Å². The van der Waals surface area contributed by atoms with Gasteiger partial charge in [-0.1, -0.05) is 39.0 Å². The first-order chi connectivity index (χ1) is 7.70. The molecule has 3 nitrogen and oxygen atoms in total. The van der Waals surface area contributed by atoms with Gasteiger partial charge < -0.3 is 4.74 Å². The van der Waals surface area contributed by atoms with Crippen molar-refractivity contribution < 1.29 is 9.53 Å². The van der Waals surface area contributed by atoms with Gasteiger partial charge in [-0.05, 0) is 26.9 Å². The molecule has 0 aromatic heterocycles. The maximum absolute atomic E-state index is 11.2. The van der Waals surface area contributed by atoms with Crippen molar-refractivity contribution in [3.05, 3.63) is 0 Å². The molecule has 0 heterocycles. The molecular formula is C13H27NO2. The van der Waals surface area contributed by atoms with Gasteiger partial charge in [0.15, 0.2) is 0 Å². The highest BCUT2D eigenvalue weighted by molar-refractivity contribution is 5.71. The lowest BCUT2D eigenvalue weighted by atomic mass is 10.1. The Morgan fingerprint density at radius 2 is 1.69 bits per heavy atom. The van der Waals surface area contributed by atoms with Gasteiger partial charge in [0.05, 0.1) is 13.2 Å². The van der Waals surface area contributed by atoms with Crippen LogP contribution in [0.5, 0.6) is 0 Å². The standard InChI is InChI=1S/C13H27NO2/c1-4-6-7-8-9-10-11-14(3)12-13(15)16-5-2/h4-12H2,1-3H3. The number of carbonyl (C=O) groups excluding carboxylic acids is 1. The minimum atomic E-state index is -0.115. The average molecular weight is 229 g/mol. The third-order valence-electron chi connectivity index (χ3n) is 2.60. The zero-order valence-electron chi connectivity index (χ0n) is 11.1. The summed E-state index contributed by atoms with van der Waals surface area (Å²) in [6, 6.07) is 0. The molecule has 0 aliphatic carbocycles. The first kappa shape index (κ1) is 15.4. The summed E-state index contributed by atoms with van der Waals surface area (Å²) in [5.74, 6) is -0.115. The van der Waals surface area contributed by atoms with E-state index in [1.54, 1.807) is 0 Å². The van der Waals surface area contributed by atoms with Gasteiger partial charge in [0.1, 0.15) is 0 Å². The Bertz CT molecular complexity index is 171. The number of carbonyl (C=O) groups is 1. The highest BCUT2D eigenvalue weighted by Crippen LogP contribution is 2.05. The summed E-state index contributed by atoms with van der Waals surface area (Å²) >= 11 is 0. The largest absolute Gasteiger partial charge is 0.465 e. The summed E-state index contributed by atoms with van der Waals surface area (Å²) in [5.41, 5.74) is 0. The summed E-state index contributed by atoms with van der Waals surface area (Å²) < 4.78 is 4.89. The van der Waals surface area contributed by atoms with Crippen LogP contribution in [-0.4, -0.2) is 37.6 Å². The summed E-state index contributed by atoms with van der Waals surface area (Å²) in [7, 11) is 1.98. The van der Waals surface area contributed by atoms with Crippen LogP contribution in [0.2, 0.25) is 0 Å². The van der Waals surface area contributed by atoms with Gasteiger partial charge in [0, 0.05) is 0 Å². The molecule has 0 N–H and O–H groups in total. The van der Waals surface area contributed by atoms with E-state index in [1.807, 2.05) is 18.9 Å². The van der Waals surface area contributed by atoms with Crippen molar-refractivity contribution in [2.24, 2.45) is 0 Å². The van der Waals surface area contributed by atoms with Gasteiger partial charge in [-0.2, -0.15) is 0 Å². The molecule has 0 rings (SSSR count). The molecular weight excluding hydrogens is 202 g/mol. The third-order valence-corrected chi connectivity index (χ3v) is 2.60. The first-order valence-corrected chi connectivity index (χ1v) is 6.54. The molecule has 96 valence electrons. The summed E-state index contributed by atoms with van der Waals surface area (Å²) in [6.45, 7) is 5.95. The molecule has 0 atom stereocenters. The maximum Gasteiger partial charge on any atom is 0.320 e. The quantitative estimate of drug-likeness (QED) is 0.426. The molecule has 3 heteroatoms. The number of unbranched alkanes of at least 4 members (excludes halogenated alkanes) is 5. The highest BCUT2D eigenvalue weighted by atomic mass is 16.5. The molecule has 0 saturated carbocycles. The van der Waals surface area contributed by atoms with Gasteiger partial charge in [-0.25, -0.2) is 0 Å². The van der Waals surface area contributed by atoms with E-state index >= 15 is 0 Å². The van der Waals surface area contributed by atoms with Crippen LogP contribution in [0.25, 0.3) is 0 Å². The average Bonchev–Trinajstić information content (AvgIpc) is 2.23. The molecule has 0 spiro atoms. The summed E-state index contributed by atoms with van der Waals surface area (Å²) in [6.07, 6.45) is 7.76. The molecule has 0 aliphatic heterocycles. The number of nitrogens with zero attached hydrogens (tertiary/aromatic N) is 1. The fourth-order valence-electron chi connectivity index (χ4n) is 1.67. The Labute approximate surface area is 100 Å². The Kier molecular flexibility index (Phi) is 10.5. The molecule has 16 heavy (non-hydrogen) atoms. The minimum absolute atomic E-state index is 0.115. The fraction of sp³-hybridized carbons (Fsp3) is 0.923. The van der Waals surface area contributed by atoms with Crippen molar-refractivity contribution in [3.8, 4) is 0 Å². The topological polar surface area (TPSA) is 29.5 Å².